The van der Waals surface area contributed by atoms with Gasteiger partial charge < -0.3 is 9.47 Å². The van der Waals surface area contributed by atoms with E-state index >= 15 is 0 Å². The van der Waals surface area contributed by atoms with Crippen LogP contribution >= 0.6 is 0 Å². The summed E-state index contributed by atoms with van der Waals surface area (Å²) in [6.07, 6.45) is 8.69. The monoisotopic (exact) mass is 312 g/mol. The number of aromatic nitrogens is 3. The first-order valence-corrected chi connectivity index (χ1v) is 8.82. The number of pyridine rings is 1. The van der Waals surface area contributed by atoms with Crippen LogP contribution in [0.3, 0.4) is 0 Å². The zero-order chi connectivity index (χ0) is 15.8. The Bertz CT molecular complexity index is 717. The smallest absolute Gasteiger partial charge is 0.225 e. The van der Waals surface area contributed by atoms with Crippen LogP contribution in [0.2, 0.25) is 0 Å². The lowest BCUT2D eigenvalue weighted by Crippen LogP contribution is -2.35. The fourth-order valence-corrected chi connectivity index (χ4v) is 4.24. The van der Waals surface area contributed by atoms with Crippen LogP contribution in [0.5, 0.6) is 0 Å². The van der Waals surface area contributed by atoms with E-state index in [0.717, 1.165) is 49.3 Å². The maximum Gasteiger partial charge on any atom is 0.225 e. The largest absolute Gasteiger partial charge is 0.340 e. The minimum Gasteiger partial charge on any atom is -0.340 e. The Morgan fingerprint density at radius 3 is 2.87 bits per heavy atom. The van der Waals surface area contributed by atoms with E-state index in [1.165, 1.54) is 19.3 Å². The highest BCUT2D eigenvalue weighted by Gasteiger charge is 2.33. The molecule has 4 rings (SSSR count). The lowest BCUT2D eigenvalue weighted by atomic mass is 9.88. The molecule has 2 aromatic rings. The van der Waals surface area contributed by atoms with Crippen molar-refractivity contribution < 1.29 is 4.79 Å². The van der Waals surface area contributed by atoms with Gasteiger partial charge in [0, 0.05) is 25.2 Å². The van der Waals surface area contributed by atoms with E-state index < -0.39 is 0 Å². The Balaban J connectivity index is 1.53. The van der Waals surface area contributed by atoms with Crippen molar-refractivity contribution in [3.05, 3.63) is 24.2 Å². The van der Waals surface area contributed by atoms with Crippen LogP contribution in [0.15, 0.2) is 18.3 Å². The number of fused-ring (bicyclic) bond motifs is 1. The molecule has 0 aromatic carbocycles. The number of aryl methyl sites for hydroxylation is 1. The highest BCUT2D eigenvalue weighted by molar-refractivity contribution is 5.79. The summed E-state index contributed by atoms with van der Waals surface area (Å²) in [5, 5.41) is 0. The third-order valence-corrected chi connectivity index (χ3v) is 5.42. The van der Waals surface area contributed by atoms with Crippen LogP contribution in [-0.2, 0) is 4.79 Å². The quantitative estimate of drug-likeness (QED) is 0.856. The molecular formula is C18H24N4O. The number of likely N-dealkylation sites (tertiary alicyclic amines) is 1. The van der Waals surface area contributed by atoms with Gasteiger partial charge in [-0.3, -0.25) is 4.79 Å². The van der Waals surface area contributed by atoms with Gasteiger partial charge in [0.2, 0.25) is 5.91 Å². The Morgan fingerprint density at radius 2 is 2.04 bits per heavy atom. The summed E-state index contributed by atoms with van der Waals surface area (Å²) < 4.78 is 2.23. The van der Waals surface area contributed by atoms with Gasteiger partial charge in [0.25, 0.3) is 0 Å². The lowest BCUT2D eigenvalue weighted by molar-refractivity contribution is -0.135. The molecule has 1 atom stereocenters. The molecule has 3 heterocycles. The molecular weight excluding hydrogens is 288 g/mol. The maximum atomic E-state index is 12.7. The van der Waals surface area contributed by atoms with Crippen molar-refractivity contribution >= 4 is 17.1 Å². The van der Waals surface area contributed by atoms with Crippen molar-refractivity contribution in [2.45, 2.75) is 51.5 Å². The minimum atomic E-state index is 0.265. The Kier molecular flexibility index (Phi) is 3.79. The Morgan fingerprint density at radius 1 is 1.22 bits per heavy atom. The molecule has 0 bridgehead atoms. The van der Waals surface area contributed by atoms with Crippen LogP contribution in [0.25, 0.3) is 11.2 Å². The van der Waals surface area contributed by atoms with Gasteiger partial charge in [-0.05, 0) is 38.3 Å². The average molecular weight is 312 g/mol. The first-order chi connectivity index (χ1) is 11.2. The van der Waals surface area contributed by atoms with Crippen LogP contribution in [0.4, 0.5) is 0 Å². The fraction of sp³-hybridized carbons (Fsp3) is 0.611. The number of carbonyl (C=O) groups is 1. The summed E-state index contributed by atoms with van der Waals surface area (Å²) in [6.45, 7) is 3.71. The van der Waals surface area contributed by atoms with Crippen molar-refractivity contribution in [2.75, 3.05) is 13.1 Å². The predicted octanol–water partition coefficient (Wildman–Crippen LogP) is 3.09. The maximum absolute atomic E-state index is 12.7. The highest BCUT2D eigenvalue weighted by Crippen LogP contribution is 2.31. The minimum absolute atomic E-state index is 0.265. The van der Waals surface area contributed by atoms with E-state index in [4.69, 9.17) is 0 Å². The second kappa shape index (κ2) is 5.95. The molecule has 2 fully saturated rings. The SMILES string of the molecule is Cc1nc2cccnc2n1[C@H]1CCN(C(=O)C2CCCCC2)C1. The van der Waals surface area contributed by atoms with E-state index in [1.54, 1.807) is 0 Å². The molecule has 23 heavy (non-hydrogen) atoms. The topological polar surface area (TPSA) is 51.0 Å². The number of imidazole rings is 1. The molecule has 1 saturated heterocycles. The molecule has 1 saturated carbocycles. The van der Waals surface area contributed by atoms with Crippen molar-refractivity contribution in [3.8, 4) is 0 Å². The van der Waals surface area contributed by atoms with E-state index in [9.17, 15) is 4.79 Å². The molecule has 1 aliphatic carbocycles. The standard InChI is InChI=1S/C18H24N4O/c1-13-20-16-8-5-10-19-17(16)22(13)15-9-11-21(12-15)18(23)14-6-3-2-4-7-14/h5,8,10,14-15H,2-4,6-7,9,11-12H2,1H3/t15-/m0/s1. The Labute approximate surface area is 136 Å². The molecule has 122 valence electrons. The summed E-state index contributed by atoms with van der Waals surface area (Å²) >= 11 is 0. The normalized spacial score (nSPS) is 22.8. The van der Waals surface area contributed by atoms with E-state index in [0.29, 0.717) is 11.9 Å². The summed E-state index contributed by atoms with van der Waals surface area (Å²) in [5.41, 5.74) is 1.89. The fourth-order valence-electron chi connectivity index (χ4n) is 4.24. The molecule has 5 heteroatoms. The van der Waals surface area contributed by atoms with Gasteiger partial charge in [-0.25, -0.2) is 9.97 Å². The second-order valence-electron chi connectivity index (χ2n) is 6.94. The molecule has 0 N–H and O–H groups in total. The van der Waals surface area contributed by atoms with Gasteiger partial charge in [-0.15, -0.1) is 0 Å². The van der Waals surface area contributed by atoms with Crippen molar-refractivity contribution in [1.82, 2.24) is 19.4 Å². The van der Waals surface area contributed by atoms with Gasteiger partial charge in [-0.2, -0.15) is 0 Å². The predicted molar refractivity (Wildman–Crippen MR) is 89.1 cm³/mol. The van der Waals surface area contributed by atoms with E-state index in [1.807, 2.05) is 25.3 Å². The second-order valence-corrected chi connectivity index (χ2v) is 6.94. The number of rotatable bonds is 2. The molecule has 5 nitrogen and oxygen atoms in total. The first-order valence-electron chi connectivity index (χ1n) is 8.82. The third-order valence-electron chi connectivity index (χ3n) is 5.42. The van der Waals surface area contributed by atoms with Crippen LogP contribution in [-0.4, -0.2) is 38.4 Å². The number of hydrogen-bond donors (Lipinski definition) is 0. The molecule has 1 amide bonds. The van der Waals surface area contributed by atoms with Gasteiger partial charge in [0.1, 0.15) is 11.3 Å². The van der Waals surface area contributed by atoms with E-state index in [2.05, 4.69) is 19.4 Å². The first kappa shape index (κ1) is 14.7. The summed E-state index contributed by atoms with van der Waals surface area (Å²) in [4.78, 5) is 23.9. The van der Waals surface area contributed by atoms with Crippen molar-refractivity contribution in [3.63, 3.8) is 0 Å². The highest BCUT2D eigenvalue weighted by atomic mass is 16.2. The summed E-state index contributed by atoms with van der Waals surface area (Å²) in [6, 6.07) is 4.24. The van der Waals surface area contributed by atoms with Gasteiger partial charge in [0.15, 0.2) is 5.65 Å². The van der Waals surface area contributed by atoms with Crippen molar-refractivity contribution in [1.29, 1.82) is 0 Å². The van der Waals surface area contributed by atoms with Crippen LogP contribution in [0, 0.1) is 12.8 Å². The number of hydrogen-bond acceptors (Lipinski definition) is 3. The number of amides is 1. The summed E-state index contributed by atoms with van der Waals surface area (Å²) in [5.74, 6) is 1.64. The molecule has 1 aliphatic heterocycles. The average Bonchev–Trinajstić information content (AvgIpc) is 3.18. The lowest BCUT2D eigenvalue weighted by Gasteiger charge is -2.26. The van der Waals surface area contributed by atoms with Gasteiger partial charge >= 0.3 is 0 Å². The van der Waals surface area contributed by atoms with Gasteiger partial charge in [0.05, 0.1) is 6.04 Å². The number of carbonyl (C=O) groups excluding carboxylic acids is 1. The van der Waals surface area contributed by atoms with Gasteiger partial charge in [-0.1, -0.05) is 19.3 Å². The molecule has 2 aromatic heterocycles. The Hall–Kier alpha value is -1.91. The van der Waals surface area contributed by atoms with Crippen LogP contribution < -0.4 is 0 Å². The van der Waals surface area contributed by atoms with E-state index in [-0.39, 0.29) is 5.92 Å². The van der Waals surface area contributed by atoms with Crippen LogP contribution in [0.1, 0.15) is 50.4 Å². The molecule has 0 unspecified atom stereocenters. The third kappa shape index (κ3) is 2.62. The molecule has 0 radical (unpaired) electrons. The molecule has 2 aliphatic rings. The number of nitrogens with zero attached hydrogens (tertiary/aromatic N) is 4. The zero-order valence-electron chi connectivity index (χ0n) is 13.7. The molecule has 0 spiro atoms. The van der Waals surface area contributed by atoms with Crippen molar-refractivity contribution in [2.24, 2.45) is 5.92 Å². The zero-order valence-corrected chi connectivity index (χ0v) is 13.7. The summed E-state index contributed by atoms with van der Waals surface area (Å²) in [7, 11) is 0.